The molecule has 1 unspecified atom stereocenters. The number of aliphatic hydroxyl groups is 1. The third-order valence-electron chi connectivity index (χ3n) is 2.33. The molecule has 90 valence electrons. The van der Waals surface area contributed by atoms with Crippen LogP contribution in [0.25, 0.3) is 0 Å². The Morgan fingerprint density at radius 1 is 1.56 bits per heavy atom. The fourth-order valence-corrected chi connectivity index (χ4v) is 1.51. The van der Waals surface area contributed by atoms with E-state index >= 15 is 0 Å². The van der Waals surface area contributed by atoms with Crippen molar-refractivity contribution in [2.75, 3.05) is 17.7 Å². The fraction of sp³-hybridized carbons (Fsp3) is 0.600. The van der Waals surface area contributed by atoms with Crippen LogP contribution in [0.2, 0.25) is 5.02 Å². The molecule has 1 aromatic rings. The largest absolute Gasteiger partial charge is 0.396 e. The van der Waals surface area contributed by atoms with Crippen molar-refractivity contribution < 1.29 is 5.11 Å². The number of nitrogens with one attached hydrogen (secondary N) is 1. The highest BCUT2D eigenvalue weighted by atomic mass is 35.5. The molecule has 16 heavy (non-hydrogen) atoms. The van der Waals surface area contributed by atoms with Gasteiger partial charge in [-0.25, -0.2) is 4.98 Å². The zero-order valence-electron chi connectivity index (χ0n) is 9.44. The summed E-state index contributed by atoms with van der Waals surface area (Å²) in [6.07, 6.45) is 2.10. The van der Waals surface area contributed by atoms with Crippen molar-refractivity contribution in [2.24, 2.45) is 5.92 Å². The third kappa shape index (κ3) is 3.50. The summed E-state index contributed by atoms with van der Waals surface area (Å²) in [7, 11) is 0. The van der Waals surface area contributed by atoms with Gasteiger partial charge in [0.15, 0.2) is 5.82 Å². The molecule has 4 N–H and O–H groups in total. The minimum Gasteiger partial charge on any atom is -0.396 e. The molecule has 0 saturated carbocycles. The summed E-state index contributed by atoms with van der Waals surface area (Å²) in [6, 6.07) is 0.108. The number of aliphatic hydroxyl groups excluding tert-OH is 1. The fourth-order valence-electron chi connectivity index (χ4n) is 1.37. The Bertz CT molecular complexity index is 346. The lowest BCUT2D eigenvalue weighted by Crippen LogP contribution is -2.27. The SMILES string of the molecule is CC(C)C(CCO)Nc1nc(N)ncc1Cl. The van der Waals surface area contributed by atoms with Gasteiger partial charge in [-0.15, -0.1) is 0 Å². The molecule has 0 aromatic carbocycles. The Morgan fingerprint density at radius 2 is 2.25 bits per heavy atom. The Hall–Kier alpha value is -1.07. The first-order valence-electron chi connectivity index (χ1n) is 5.20. The quantitative estimate of drug-likeness (QED) is 0.732. The molecule has 0 bridgehead atoms. The molecule has 1 aromatic heterocycles. The predicted octanol–water partition coefficient (Wildman–Crippen LogP) is 1.53. The number of nitrogens with zero attached hydrogens (tertiary/aromatic N) is 2. The highest BCUT2D eigenvalue weighted by molar-refractivity contribution is 6.32. The lowest BCUT2D eigenvalue weighted by molar-refractivity contribution is 0.267. The molecule has 0 aliphatic rings. The van der Waals surface area contributed by atoms with E-state index in [2.05, 4.69) is 29.1 Å². The van der Waals surface area contributed by atoms with Crippen molar-refractivity contribution >= 4 is 23.4 Å². The third-order valence-corrected chi connectivity index (χ3v) is 2.61. The number of rotatable bonds is 5. The highest BCUT2D eigenvalue weighted by Gasteiger charge is 2.15. The molecule has 1 heterocycles. The summed E-state index contributed by atoms with van der Waals surface area (Å²) < 4.78 is 0. The van der Waals surface area contributed by atoms with Crippen LogP contribution in [0, 0.1) is 5.92 Å². The highest BCUT2D eigenvalue weighted by Crippen LogP contribution is 2.21. The first-order valence-corrected chi connectivity index (χ1v) is 5.57. The van der Waals surface area contributed by atoms with Gasteiger partial charge < -0.3 is 16.2 Å². The predicted molar refractivity (Wildman–Crippen MR) is 65.4 cm³/mol. The maximum Gasteiger partial charge on any atom is 0.222 e. The molecule has 6 heteroatoms. The summed E-state index contributed by atoms with van der Waals surface area (Å²) in [4.78, 5) is 7.80. The Labute approximate surface area is 100 Å². The van der Waals surface area contributed by atoms with E-state index in [0.29, 0.717) is 23.2 Å². The molecule has 0 spiro atoms. The van der Waals surface area contributed by atoms with Gasteiger partial charge >= 0.3 is 0 Å². The smallest absolute Gasteiger partial charge is 0.222 e. The molecular formula is C10H17ClN4O. The summed E-state index contributed by atoms with van der Waals surface area (Å²) in [5, 5.41) is 12.6. The number of aromatic nitrogens is 2. The van der Waals surface area contributed by atoms with Crippen molar-refractivity contribution in [1.82, 2.24) is 9.97 Å². The van der Waals surface area contributed by atoms with Crippen LogP contribution in [-0.4, -0.2) is 27.7 Å². The topological polar surface area (TPSA) is 84.1 Å². The van der Waals surface area contributed by atoms with Crippen LogP contribution in [0.4, 0.5) is 11.8 Å². The van der Waals surface area contributed by atoms with E-state index in [-0.39, 0.29) is 18.6 Å². The number of hydrogen-bond acceptors (Lipinski definition) is 5. The van der Waals surface area contributed by atoms with E-state index in [1.807, 2.05) is 0 Å². The Morgan fingerprint density at radius 3 is 2.81 bits per heavy atom. The lowest BCUT2D eigenvalue weighted by Gasteiger charge is -2.22. The summed E-state index contributed by atoms with van der Waals surface area (Å²) in [5.74, 6) is 1.05. The van der Waals surface area contributed by atoms with Crippen molar-refractivity contribution in [3.8, 4) is 0 Å². The zero-order chi connectivity index (χ0) is 12.1. The van der Waals surface area contributed by atoms with Crippen LogP contribution in [0.3, 0.4) is 0 Å². The molecular weight excluding hydrogens is 228 g/mol. The summed E-state index contributed by atoms with van der Waals surface area (Å²) in [5.41, 5.74) is 5.48. The van der Waals surface area contributed by atoms with E-state index in [1.54, 1.807) is 0 Å². The summed E-state index contributed by atoms with van der Waals surface area (Å²) >= 11 is 5.94. The van der Waals surface area contributed by atoms with Crippen LogP contribution in [0.5, 0.6) is 0 Å². The Kier molecular flexibility index (Phi) is 4.76. The van der Waals surface area contributed by atoms with Gasteiger partial charge in [-0.1, -0.05) is 25.4 Å². The van der Waals surface area contributed by atoms with Gasteiger partial charge in [0.05, 0.1) is 6.20 Å². The van der Waals surface area contributed by atoms with Gasteiger partial charge in [0.1, 0.15) is 5.02 Å². The number of halogens is 1. The minimum atomic E-state index is 0.108. The van der Waals surface area contributed by atoms with Gasteiger partial charge in [-0.3, -0.25) is 0 Å². The van der Waals surface area contributed by atoms with Crippen LogP contribution in [0.1, 0.15) is 20.3 Å². The number of hydrogen-bond donors (Lipinski definition) is 3. The van der Waals surface area contributed by atoms with E-state index < -0.39 is 0 Å². The number of nitrogens with two attached hydrogens (primary N) is 1. The van der Waals surface area contributed by atoms with Crippen molar-refractivity contribution in [2.45, 2.75) is 26.3 Å². The molecule has 0 amide bonds. The molecule has 0 radical (unpaired) electrons. The molecule has 0 aliphatic carbocycles. The van der Waals surface area contributed by atoms with Gasteiger partial charge in [0.2, 0.25) is 5.95 Å². The lowest BCUT2D eigenvalue weighted by atomic mass is 10.0. The molecule has 0 saturated heterocycles. The molecule has 5 nitrogen and oxygen atoms in total. The van der Waals surface area contributed by atoms with Crippen LogP contribution < -0.4 is 11.1 Å². The van der Waals surface area contributed by atoms with Crippen LogP contribution >= 0.6 is 11.6 Å². The van der Waals surface area contributed by atoms with E-state index in [0.717, 1.165) is 0 Å². The second kappa shape index (κ2) is 5.86. The van der Waals surface area contributed by atoms with Gasteiger partial charge in [0.25, 0.3) is 0 Å². The standard InChI is InChI=1S/C10H17ClN4O/c1-6(2)8(3-4-16)14-9-7(11)5-13-10(12)15-9/h5-6,8,16H,3-4H2,1-2H3,(H3,12,13,14,15). The summed E-state index contributed by atoms with van der Waals surface area (Å²) in [6.45, 7) is 4.24. The second-order valence-electron chi connectivity index (χ2n) is 3.93. The molecule has 1 atom stereocenters. The van der Waals surface area contributed by atoms with Gasteiger partial charge in [-0.05, 0) is 12.3 Å². The maximum atomic E-state index is 8.96. The molecule has 1 rings (SSSR count). The average Bonchev–Trinajstić information content (AvgIpc) is 2.22. The van der Waals surface area contributed by atoms with E-state index in [1.165, 1.54) is 6.20 Å². The number of nitrogen functional groups attached to an aromatic ring is 1. The normalized spacial score (nSPS) is 12.8. The van der Waals surface area contributed by atoms with Crippen molar-refractivity contribution in [3.05, 3.63) is 11.2 Å². The second-order valence-corrected chi connectivity index (χ2v) is 4.34. The van der Waals surface area contributed by atoms with Gasteiger partial charge in [0, 0.05) is 12.6 Å². The first kappa shape index (κ1) is 13.0. The maximum absolute atomic E-state index is 8.96. The van der Waals surface area contributed by atoms with Crippen LogP contribution in [-0.2, 0) is 0 Å². The van der Waals surface area contributed by atoms with E-state index in [4.69, 9.17) is 22.4 Å². The first-order chi connectivity index (χ1) is 7.54. The minimum absolute atomic E-state index is 0.108. The molecule has 0 fully saturated rings. The number of anilines is 2. The van der Waals surface area contributed by atoms with Crippen molar-refractivity contribution in [3.63, 3.8) is 0 Å². The molecule has 0 aliphatic heterocycles. The van der Waals surface area contributed by atoms with E-state index in [9.17, 15) is 0 Å². The average molecular weight is 245 g/mol. The Balaban J connectivity index is 2.80. The zero-order valence-corrected chi connectivity index (χ0v) is 10.2. The van der Waals surface area contributed by atoms with Crippen molar-refractivity contribution in [1.29, 1.82) is 0 Å². The monoisotopic (exact) mass is 244 g/mol. The van der Waals surface area contributed by atoms with Crippen LogP contribution in [0.15, 0.2) is 6.20 Å². The van der Waals surface area contributed by atoms with Gasteiger partial charge in [-0.2, -0.15) is 4.98 Å².